The van der Waals surface area contributed by atoms with Gasteiger partial charge in [0.25, 0.3) is 0 Å². The summed E-state index contributed by atoms with van der Waals surface area (Å²) in [4.78, 5) is 11.8. The van der Waals surface area contributed by atoms with Crippen LogP contribution >= 0.6 is 0 Å². The summed E-state index contributed by atoms with van der Waals surface area (Å²) in [5.41, 5.74) is 5.35. The van der Waals surface area contributed by atoms with E-state index in [4.69, 9.17) is 5.73 Å². The minimum Gasteiger partial charge on any atom is -0.396 e. The third-order valence-electron chi connectivity index (χ3n) is 4.27. The molecule has 16 heavy (non-hydrogen) atoms. The van der Waals surface area contributed by atoms with Crippen LogP contribution in [0.3, 0.4) is 0 Å². The first-order valence-electron chi connectivity index (χ1n) is 6.34. The topological polar surface area (TPSA) is 75.4 Å². The fraction of sp³-hybridized carbons (Fsp3) is 0.917. The maximum Gasteiger partial charge on any atom is 0.240 e. The molecule has 4 nitrogen and oxygen atoms in total. The maximum absolute atomic E-state index is 11.8. The highest BCUT2D eigenvalue weighted by Gasteiger charge is 2.40. The molecule has 92 valence electrons. The largest absolute Gasteiger partial charge is 0.396 e. The molecule has 0 aromatic heterocycles. The van der Waals surface area contributed by atoms with Crippen LogP contribution in [0.5, 0.6) is 0 Å². The Bertz CT molecular complexity index is 264. The van der Waals surface area contributed by atoms with Crippen molar-refractivity contribution in [1.82, 2.24) is 5.32 Å². The summed E-state index contributed by atoms with van der Waals surface area (Å²) in [6.07, 6.45) is 6.06. The summed E-state index contributed by atoms with van der Waals surface area (Å²) in [6, 6.07) is 0. The monoisotopic (exact) mass is 226 g/mol. The van der Waals surface area contributed by atoms with Crippen molar-refractivity contribution in [2.45, 2.75) is 44.1 Å². The second-order valence-electron chi connectivity index (χ2n) is 5.35. The van der Waals surface area contributed by atoms with Crippen molar-refractivity contribution in [3.63, 3.8) is 0 Å². The molecular weight excluding hydrogens is 204 g/mol. The van der Waals surface area contributed by atoms with Crippen LogP contribution in [-0.4, -0.2) is 29.7 Å². The number of rotatable bonds is 4. The molecule has 2 saturated carbocycles. The van der Waals surface area contributed by atoms with E-state index in [1.54, 1.807) is 0 Å². The van der Waals surface area contributed by atoms with Gasteiger partial charge in [0.1, 0.15) is 0 Å². The van der Waals surface area contributed by atoms with Gasteiger partial charge in [0.05, 0.1) is 5.54 Å². The number of aliphatic hydroxyl groups is 1. The quantitative estimate of drug-likeness (QED) is 0.649. The molecule has 0 aromatic rings. The van der Waals surface area contributed by atoms with E-state index < -0.39 is 5.54 Å². The molecule has 2 unspecified atom stereocenters. The molecule has 2 aliphatic carbocycles. The summed E-state index contributed by atoms with van der Waals surface area (Å²) < 4.78 is 0. The molecule has 0 saturated heterocycles. The van der Waals surface area contributed by atoms with Crippen LogP contribution in [0.15, 0.2) is 0 Å². The zero-order chi connectivity index (χ0) is 11.6. The van der Waals surface area contributed by atoms with Crippen molar-refractivity contribution < 1.29 is 9.90 Å². The van der Waals surface area contributed by atoms with Crippen molar-refractivity contribution in [3.8, 4) is 0 Å². The Balaban J connectivity index is 1.76. The number of hydrogen-bond acceptors (Lipinski definition) is 3. The van der Waals surface area contributed by atoms with E-state index in [1.165, 1.54) is 6.42 Å². The zero-order valence-corrected chi connectivity index (χ0v) is 9.74. The molecule has 4 N–H and O–H groups in total. The van der Waals surface area contributed by atoms with Gasteiger partial charge in [-0.2, -0.15) is 0 Å². The minimum absolute atomic E-state index is 0.00217. The fourth-order valence-corrected chi connectivity index (χ4v) is 2.81. The van der Waals surface area contributed by atoms with Gasteiger partial charge in [-0.15, -0.1) is 0 Å². The lowest BCUT2D eigenvalue weighted by Gasteiger charge is -2.36. The first kappa shape index (κ1) is 11.9. The van der Waals surface area contributed by atoms with Gasteiger partial charge in [-0.3, -0.25) is 4.79 Å². The lowest BCUT2D eigenvalue weighted by molar-refractivity contribution is -0.129. The van der Waals surface area contributed by atoms with Gasteiger partial charge in [0.15, 0.2) is 0 Å². The lowest BCUT2D eigenvalue weighted by atomic mass is 9.77. The molecule has 2 fully saturated rings. The van der Waals surface area contributed by atoms with Crippen LogP contribution in [0.2, 0.25) is 0 Å². The first-order valence-corrected chi connectivity index (χ1v) is 6.34. The van der Waals surface area contributed by atoms with Crippen LogP contribution in [0, 0.1) is 11.8 Å². The van der Waals surface area contributed by atoms with Crippen LogP contribution in [0.25, 0.3) is 0 Å². The molecule has 0 spiro atoms. The normalized spacial score (nSPS) is 32.1. The fourth-order valence-electron chi connectivity index (χ4n) is 2.81. The highest BCUT2D eigenvalue weighted by Crippen LogP contribution is 2.32. The number of hydrogen-bond donors (Lipinski definition) is 3. The van der Waals surface area contributed by atoms with Crippen molar-refractivity contribution >= 4 is 5.91 Å². The van der Waals surface area contributed by atoms with Gasteiger partial charge in [0.2, 0.25) is 5.91 Å². The molecule has 0 bridgehead atoms. The molecule has 2 aliphatic rings. The summed E-state index contributed by atoms with van der Waals surface area (Å²) in [7, 11) is 0. The van der Waals surface area contributed by atoms with Gasteiger partial charge in [-0.25, -0.2) is 0 Å². The van der Waals surface area contributed by atoms with E-state index in [1.807, 2.05) is 0 Å². The van der Waals surface area contributed by atoms with Crippen molar-refractivity contribution in [2.75, 3.05) is 13.2 Å². The molecule has 4 heteroatoms. The van der Waals surface area contributed by atoms with Gasteiger partial charge in [-0.1, -0.05) is 6.42 Å². The second-order valence-corrected chi connectivity index (χ2v) is 5.35. The summed E-state index contributed by atoms with van der Waals surface area (Å²) in [6.45, 7) is 0.928. The third kappa shape index (κ3) is 2.23. The highest BCUT2D eigenvalue weighted by molar-refractivity contribution is 5.86. The molecule has 0 radical (unpaired) electrons. The lowest BCUT2D eigenvalue weighted by Crippen LogP contribution is -2.59. The molecule has 0 aliphatic heterocycles. The predicted molar refractivity (Wildman–Crippen MR) is 61.7 cm³/mol. The van der Waals surface area contributed by atoms with E-state index >= 15 is 0 Å². The van der Waals surface area contributed by atoms with Gasteiger partial charge in [0, 0.05) is 13.2 Å². The smallest absolute Gasteiger partial charge is 0.240 e. The maximum atomic E-state index is 11.8. The average Bonchev–Trinajstić information content (AvgIpc) is 2.69. The summed E-state index contributed by atoms with van der Waals surface area (Å²) in [5.74, 6) is 0.815. The Morgan fingerprint density at radius 3 is 2.56 bits per heavy atom. The Morgan fingerprint density at radius 1 is 1.31 bits per heavy atom. The van der Waals surface area contributed by atoms with E-state index in [2.05, 4.69) is 5.32 Å². The molecule has 1 amide bonds. The minimum atomic E-state index is -0.590. The Kier molecular flexibility index (Phi) is 3.50. The van der Waals surface area contributed by atoms with Crippen LogP contribution in [0.1, 0.15) is 38.5 Å². The Hall–Kier alpha value is -0.610. The van der Waals surface area contributed by atoms with Crippen LogP contribution in [-0.2, 0) is 4.79 Å². The summed E-state index contributed by atoms with van der Waals surface area (Å²) in [5, 5.41) is 12.1. The molecule has 2 rings (SSSR count). The molecular formula is C12H22N2O2. The van der Waals surface area contributed by atoms with Crippen molar-refractivity contribution in [2.24, 2.45) is 17.6 Å². The second kappa shape index (κ2) is 4.72. The van der Waals surface area contributed by atoms with Gasteiger partial charge in [-0.05, 0) is 43.9 Å². The Labute approximate surface area is 96.6 Å². The van der Waals surface area contributed by atoms with Crippen molar-refractivity contribution in [1.29, 1.82) is 0 Å². The Morgan fingerprint density at radius 2 is 2.00 bits per heavy atom. The van der Waals surface area contributed by atoms with E-state index in [-0.39, 0.29) is 12.5 Å². The van der Waals surface area contributed by atoms with Gasteiger partial charge < -0.3 is 16.2 Å². The number of carbonyl (C=O) groups excluding carboxylic acids is 1. The molecule has 2 atom stereocenters. The number of nitrogens with two attached hydrogens (primary N) is 1. The average molecular weight is 226 g/mol. The number of nitrogens with one attached hydrogen (secondary N) is 1. The molecule has 0 heterocycles. The van der Waals surface area contributed by atoms with E-state index in [0.717, 1.165) is 32.1 Å². The summed E-state index contributed by atoms with van der Waals surface area (Å²) >= 11 is 0. The number of aliphatic hydroxyl groups excluding tert-OH is 1. The van der Waals surface area contributed by atoms with E-state index in [9.17, 15) is 9.90 Å². The predicted octanol–water partition coefficient (Wildman–Crippen LogP) is 0.393. The van der Waals surface area contributed by atoms with Gasteiger partial charge >= 0.3 is 0 Å². The third-order valence-corrected chi connectivity index (χ3v) is 4.27. The standard InChI is InChI=1S/C12H22N2O2/c13-12(5-2-6-12)11(16)14-7-9-3-1-4-10(9)8-15/h9-10,15H,1-8,13H2,(H,14,16). The number of carbonyl (C=O) groups is 1. The van der Waals surface area contributed by atoms with Crippen molar-refractivity contribution in [3.05, 3.63) is 0 Å². The zero-order valence-electron chi connectivity index (χ0n) is 9.74. The number of amides is 1. The molecule has 0 aromatic carbocycles. The SMILES string of the molecule is NC1(C(=O)NCC2CCCC2CO)CCC1. The first-order chi connectivity index (χ1) is 7.65. The van der Waals surface area contributed by atoms with E-state index in [0.29, 0.717) is 18.4 Å². The van der Waals surface area contributed by atoms with Crippen LogP contribution in [0.4, 0.5) is 0 Å². The highest BCUT2D eigenvalue weighted by atomic mass is 16.3. The van der Waals surface area contributed by atoms with Crippen LogP contribution < -0.4 is 11.1 Å².